The van der Waals surface area contributed by atoms with Crippen LogP contribution in [0.1, 0.15) is 19.8 Å². The zero-order chi connectivity index (χ0) is 21.0. The van der Waals surface area contributed by atoms with Crippen molar-refractivity contribution in [3.63, 3.8) is 0 Å². The number of ether oxygens (including phenoxy) is 1. The van der Waals surface area contributed by atoms with Crippen molar-refractivity contribution in [1.82, 2.24) is 15.3 Å². The first-order chi connectivity index (χ1) is 13.8. The first-order valence-corrected chi connectivity index (χ1v) is 10.6. The number of aromatic nitrogens is 2. The molecule has 0 saturated carbocycles. The first kappa shape index (κ1) is 21.8. The lowest BCUT2D eigenvalue weighted by atomic mass is 9.80. The molecule has 0 atom stereocenters. The number of piperidine rings is 1. The van der Waals surface area contributed by atoms with E-state index in [-0.39, 0.29) is 5.41 Å². The highest BCUT2D eigenvalue weighted by Crippen LogP contribution is 2.40. The third kappa shape index (κ3) is 5.38. The Balaban J connectivity index is 1.71. The standard InChI is InChI=1S/C19H22Cl2N4O3S/c1-19(11-23-18(26)27)6-8-25(9-7-19)17-22-10-14(16(24-17)28-2)29-13-5-3-4-12(20)15(13)21/h3-5,10,23H,6-9,11H2,1-2H3,(H,26,27). The molecule has 3 rings (SSSR count). The number of nitrogens with zero attached hydrogens (tertiary/aromatic N) is 3. The third-order valence-corrected chi connectivity index (χ3v) is 6.95. The average Bonchev–Trinajstić information content (AvgIpc) is 2.71. The molecule has 0 spiro atoms. The van der Waals surface area contributed by atoms with Gasteiger partial charge in [-0.3, -0.25) is 0 Å². The van der Waals surface area contributed by atoms with Gasteiger partial charge in [-0.1, -0.05) is 48.0 Å². The van der Waals surface area contributed by atoms with E-state index in [0.717, 1.165) is 35.7 Å². The number of anilines is 1. The smallest absolute Gasteiger partial charge is 0.404 e. The predicted octanol–water partition coefficient (Wildman–Crippen LogP) is 4.82. The summed E-state index contributed by atoms with van der Waals surface area (Å²) in [6.45, 7) is 4.02. The molecular formula is C19H22Cl2N4O3S. The number of halogens is 2. The molecule has 0 aliphatic carbocycles. The molecule has 0 bridgehead atoms. The number of hydrogen-bond donors (Lipinski definition) is 2. The van der Waals surface area contributed by atoms with Crippen LogP contribution in [0.5, 0.6) is 5.88 Å². The molecule has 1 aliphatic rings. The Kier molecular flexibility index (Phi) is 6.97. The number of nitrogens with one attached hydrogen (secondary N) is 1. The maximum atomic E-state index is 10.8. The Morgan fingerprint density at radius 3 is 2.72 bits per heavy atom. The van der Waals surface area contributed by atoms with E-state index in [0.29, 0.717) is 28.4 Å². The highest BCUT2D eigenvalue weighted by molar-refractivity contribution is 7.99. The van der Waals surface area contributed by atoms with Gasteiger partial charge in [-0.15, -0.1) is 0 Å². The monoisotopic (exact) mass is 456 g/mol. The van der Waals surface area contributed by atoms with Gasteiger partial charge in [0, 0.05) is 24.5 Å². The lowest BCUT2D eigenvalue weighted by Gasteiger charge is -2.39. The van der Waals surface area contributed by atoms with Gasteiger partial charge in [0.25, 0.3) is 0 Å². The van der Waals surface area contributed by atoms with E-state index in [4.69, 9.17) is 33.0 Å². The van der Waals surface area contributed by atoms with Crippen LogP contribution in [0.2, 0.25) is 10.0 Å². The van der Waals surface area contributed by atoms with Gasteiger partial charge in [0.05, 0.1) is 28.2 Å². The van der Waals surface area contributed by atoms with Gasteiger partial charge in [-0.2, -0.15) is 4.98 Å². The van der Waals surface area contributed by atoms with E-state index in [1.165, 1.54) is 11.8 Å². The highest BCUT2D eigenvalue weighted by Gasteiger charge is 2.31. The highest BCUT2D eigenvalue weighted by atomic mass is 35.5. The second kappa shape index (κ2) is 9.28. The summed E-state index contributed by atoms with van der Waals surface area (Å²) in [6, 6.07) is 5.45. The molecular weight excluding hydrogens is 435 g/mol. The third-order valence-electron chi connectivity index (χ3n) is 4.96. The lowest BCUT2D eigenvalue weighted by molar-refractivity contribution is 0.178. The van der Waals surface area contributed by atoms with Crippen molar-refractivity contribution in [3.05, 3.63) is 34.4 Å². The molecule has 156 valence electrons. The maximum absolute atomic E-state index is 10.8. The molecule has 1 aromatic carbocycles. The summed E-state index contributed by atoms with van der Waals surface area (Å²) in [4.78, 5) is 23.5. The summed E-state index contributed by atoms with van der Waals surface area (Å²) in [7, 11) is 1.57. The van der Waals surface area contributed by atoms with Crippen molar-refractivity contribution in [2.24, 2.45) is 5.41 Å². The van der Waals surface area contributed by atoms with Crippen LogP contribution in [0, 0.1) is 5.41 Å². The van der Waals surface area contributed by atoms with Gasteiger partial charge in [0.2, 0.25) is 11.8 Å². The molecule has 1 amide bonds. The number of carbonyl (C=O) groups is 1. The normalized spacial score (nSPS) is 15.8. The molecule has 2 aromatic rings. The summed E-state index contributed by atoms with van der Waals surface area (Å²) in [5.41, 5.74) is -0.0713. The molecule has 1 aliphatic heterocycles. The lowest BCUT2D eigenvalue weighted by Crippen LogP contribution is -2.45. The van der Waals surface area contributed by atoms with Crippen molar-refractivity contribution in [1.29, 1.82) is 0 Å². The molecule has 1 saturated heterocycles. The Labute approximate surface area is 183 Å². The van der Waals surface area contributed by atoms with Gasteiger partial charge >= 0.3 is 6.09 Å². The van der Waals surface area contributed by atoms with Crippen LogP contribution in [0.25, 0.3) is 0 Å². The van der Waals surface area contributed by atoms with Crippen LogP contribution in [-0.2, 0) is 0 Å². The van der Waals surface area contributed by atoms with E-state index >= 15 is 0 Å². The molecule has 0 radical (unpaired) electrons. The molecule has 2 heterocycles. The zero-order valence-corrected chi connectivity index (χ0v) is 18.4. The van der Waals surface area contributed by atoms with E-state index < -0.39 is 6.09 Å². The fourth-order valence-electron chi connectivity index (χ4n) is 3.11. The number of rotatable bonds is 6. The second-order valence-corrected chi connectivity index (χ2v) is 9.02. The van der Waals surface area contributed by atoms with Crippen LogP contribution < -0.4 is 15.0 Å². The first-order valence-electron chi connectivity index (χ1n) is 9.06. The maximum Gasteiger partial charge on any atom is 0.404 e. The van der Waals surface area contributed by atoms with Gasteiger partial charge in [-0.05, 0) is 30.4 Å². The van der Waals surface area contributed by atoms with Crippen LogP contribution in [0.4, 0.5) is 10.7 Å². The van der Waals surface area contributed by atoms with Gasteiger partial charge in [0.15, 0.2) is 0 Å². The number of hydrogen-bond acceptors (Lipinski definition) is 6. The summed E-state index contributed by atoms with van der Waals surface area (Å²) in [6.07, 6.45) is 2.42. The minimum absolute atomic E-state index is 0.0713. The number of benzene rings is 1. The van der Waals surface area contributed by atoms with E-state index in [9.17, 15) is 4.79 Å². The Hall–Kier alpha value is -1.90. The van der Waals surface area contributed by atoms with Crippen molar-refractivity contribution in [2.75, 3.05) is 31.6 Å². The molecule has 1 fully saturated rings. The molecule has 2 N–H and O–H groups in total. The Morgan fingerprint density at radius 1 is 1.34 bits per heavy atom. The van der Waals surface area contributed by atoms with Crippen molar-refractivity contribution in [2.45, 2.75) is 29.6 Å². The minimum atomic E-state index is -0.991. The Bertz CT molecular complexity index is 892. The Morgan fingerprint density at radius 2 is 2.07 bits per heavy atom. The van der Waals surface area contributed by atoms with Crippen LogP contribution in [0.15, 0.2) is 34.2 Å². The van der Waals surface area contributed by atoms with Crippen molar-refractivity contribution in [3.8, 4) is 5.88 Å². The van der Waals surface area contributed by atoms with Crippen LogP contribution >= 0.6 is 35.0 Å². The van der Waals surface area contributed by atoms with Gasteiger partial charge < -0.3 is 20.1 Å². The fraction of sp³-hybridized carbons (Fsp3) is 0.421. The quantitative estimate of drug-likeness (QED) is 0.643. The number of amides is 1. The summed E-state index contributed by atoms with van der Waals surface area (Å²) in [5, 5.41) is 12.3. The molecule has 29 heavy (non-hydrogen) atoms. The van der Waals surface area contributed by atoms with Crippen molar-refractivity contribution >= 4 is 47.0 Å². The summed E-state index contributed by atoms with van der Waals surface area (Å²) in [5.74, 6) is 1.06. The van der Waals surface area contributed by atoms with Gasteiger partial charge in [0.1, 0.15) is 0 Å². The average molecular weight is 457 g/mol. The van der Waals surface area contributed by atoms with Crippen LogP contribution in [0.3, 0.4) is 0 Å². The summed E-state index contributed by atoms with van der Waals surface area (Å²) < 4.78 is 5.48. The molecule has 1 aromatic heterocycles. The topological polar surface area (TPSA) is 87.6 Å². The SMILES string of the molecule is COc1nc(N2CCC(C)(CNC(=O)O)CC2)ncc1Sc1cccc(Cl)c1Cl. The predicted molar refractivity (Wildman–Crippen MR) is 115 cm³/mol. The van der Waals surface area contributed by atoms with Crippen LogP contribution in [-0.4, -0.2) is 47.9 Å². The minimum Gasteiger partial charge on any atom is -0.480 e. The summed E-state index contributed by atoms with van der Waals surface area (Å²) >= 11 is 13.8. The van der Waals surface area contributed by atoms with E-state index in [1.54, 1.807) is 19.4 Å². The van der Waals surface area contributed by atoms with E-state index in [1.807, 2.05) is 12.1 Å². The molecule has 10 heteroatoms. The molecule has 7 nitrogen and oxygen atoms in total. The molecule has 0 unspecified atom stereocenters. The number of carboxylic acid groups (broad SMARTS) is 1. The van der Waals surface area contributed by atoms with E-state index in [2.05, 4.69) is 27.1 Å². The fourth-order valence-corrected chi connectivity index (χ4v) is 4.49. The van der Waals surface area contributed by atoms with Crippen molar-refractivity contribution < 1.29 is 14.6 Å². The second-order valence-electron chi connectivity index (χ2n) is 7.15. The largest absolute Gasteiger partial charge is 0.480 e. The van der Waals surface area contributed by atoms with Gasteiger partial charge in [-0.25, -0.2) is 9.78 Å². The number of methoxy groups -OCH3 is 1. The zero-order valence-electron chi connectivity index (χ0n) is 16.1.